The van der Waals surface area contributed by atoms with Gasteiger partial charge in [0.2, 0.25) is 11.8 Å². The van der Waals surface area contributed by atoms with Crippen LogP contribution in [0.15, 0.2) is 24.3 Å². The van der Waals surface area contributed by atoms with E-state index >= 15 is 0 Å². The van der Waals surface area contributed by atoms with Crippen LogP contribution >= 0.6 is 11.6 Å². The quantitative estimate of drug-likeness (QED) is 0.739. The molecule has 0 aliphatic carbocycles. The summed E-state index contributed by atoms with van der Waals surface area (Å²) in [5, 5.41) is 3.33. The second-order valence-corrected chi connectivity index (χ2v) is 9.72. The van der Waals surface area contributed by atoms with Crippen molar-refractivity contribution in [2.24, 2.45) is 0 Å². The number of likely N-dealkylation sites (tertiary alicyclic amines) is 1. The Labute approximate surface area is 194 Å². The number of nitrogens with zero attached hydrogens (tertiary/aromatic N) is 3. The molecular weight excluding hydrogens is 432 g/mol. The number of ether oxygens (including phenoxy) is 1. The zero-order chi connectivity index (χ0) is 23.3. The van der Waals surface area contributed by atoms with Crippen molar-refractivity contribution in [3.63, 3.8) is 0 Å². The molecule has 2 aliphatic heterocycles. The molecular formula is C23H33ClN4O4. The minimum Gasteiger partial charge on any atom is -0.444 e. The Morgan fingerprint density at radius 1 is 1.06 bits per heavy atom. The predicted molar refractivity (Wildman–Crippen MR) is 124 cm³/mol. The van der Waals surface area contributed by atoms with E-state index in [1.807, 2.05) is 37.8 Å². The largest absolute Gasteiger partial charge is 0.444 e. The van der Waals surface area contributed by atoms with Gasteiger partial charge in [0.05, 0.1) is 17.3 Å². The van der Waals surface area contributed by atoms with E-state index in [2.05, 4.69) is 5.32 Å². The van der Waals surface area contributed by atoms with E-state index in [0.29, 0.717) is 49.9 Å². The molecule has 0 bridgehead atoms. The van der Waals surface area contributed by atoms with Crippen LogP contribution in [0.5, 0.6) is 0 Å². The molecule has 9 heteroatoms. The number of benzene rings is 1. The molecule has 32 heavy (non-hydrogen) atoms. The Morgan fingerprint density at radius 2 is 1.75 bits per heavy atom. The van der Waals surface area contributed by atoms with Gasteiger partial charge in [0.25, 0.3) is 0 Å². The average molecular weight is 465 g/mol. The Bertz CT molecular complexity index is 834. The van der Waals surface area contributed by atoms with Crippen LogP contribution in [-0.2, 0) is 14.3 Å². The monoisotopic (exact) mass is 464 g/mol. The van der Waals surface area contributed by atoms with Crippen LogP contribution < -0.4 is 5.32 Å². The van der Waals surface area contributed by atoms with Crippen LogP contribution in [0.2, 0.25) is 5.02 Å². The van der Waals surface area contributed by atoms with Gasteiger partial charge >= 0.3 is 6.09 Å². The molecule has 1 atom stereocenters. The van der Waals surface area contributed by atoms with Gasteiger partial charge in [-0.1, -0.05) is 23.7 Å². The first-order chi connectivity index (χ1) is 15.1. The first-order valence-electron chi connectivity index (χ1n) is 11.2. The van der Waals surface area contributed by atoms with Gasteiger partial charge in [-0.05, 0) is 52.2 Å². The molecule has 1 unspecified atom stereocenters. The van der Waals surface area contributed by atoms with Gasteiger partial charge in [-0.25, -0.2) is 4.79 Å². The molecule has 0 spiro atoms. The Hall–Kier alpha value is -2.32. The number of hydrogen-bond donors (Lipinski definition) is 1. The summed E-state index contributed by atoms with van der Waals surface area (Å²) in [5.74, 6) is -0.169. The van der Waals surface area contributed by atoms with E-state index in [1.54, 1.807) is 21.9 Å². The molecule has 2 aliphatic rings. The minimum absolute atomic E-state index is 0.0317. The van der Waals surface area contributed by atoms with Crippen LogP contribution in [0.4, 0.5) is 10.5 Å². The summed E-state index contributed by atoms with van der Waals surface area (Å²) < 4.78 is 5.52. The third-order valence-electron chi connectivity index (χ3n) is 5.61. The zero-order valence-corrected chi connectivity index (χ0v) is 19.9. The van der Waals surface area contributed by atoms with Crippen molar-refractivity contribution >= 4 is 35.2 Å². The molecule has 1 aromatic carbocycles. The summed E-state index contributed by atoms with van der Waals surface area (Å²) in [6.45, 7) is 8.50. The maximum absolute atomic E-state index is 13.2. The Morgan fingerprint density at radius 3 is 2.41 bits per heavy atom. The van der Waals surface area contributed by atoms with E-state index in [4.69, 9.17) is 16.3 Å². The van der Waals surface area contributed by atoms with Gasteiger partial charge in [-0.2, -0.15) is 0 Å². The second kappa shape index (κ2) is 10.5. The Balaban J connectivity index is 1.51. The molecule has 8 nitrogen and oxygen atoms in total. The standard InChI is InChI=1S/C23H33ClN4O4/c1-23(2,3)32-22(31)28-11-7-6-10-19(28)21(30)27-14-12-26(13-15-27)16-20(29)25-18-9-5-4-8-17(18)24/h4-5,8-9,19H,6-7,10-16H2,1-3H3,(H,25,29). The molecule has 1 aromatic rings. The SMILES string of the molecule is CC(C)(C)OC(=O)N1CCCCC1C(=O)N1CCN(CC(=O)Nc2ccccc2Cl)CC1. The van der Waals surface area contributed by atoms with Gasteiger partial charge < -0.3 is 15.0 Å². The predicted octanol–water partition coefficient (Wildman–Crippen LogP) is 3.21. The molecule has 3 amide bonds. The molecule has 0 radical (unpaired) electrons. The number of para-hydroxylation sites is 1. The summed E-state index contributed by atoms with van der Waals surface area (Å²) in [6, 6.07) is 6.64. The van der Waals surface area contributed by atoms with Gasteiger partial charge in [0.15, 0.2) is 0 Å². The maximum atomic E-state index is 13.2. The molecule has 2 heterocycles. The lowest BCUT2D eigenvalue weighted by atomic mass is 10.0. The van der Waals surface area contributed by atoms with Gasteiger partial charge in [-0.3, -0.25) is 19.4 Å². The summed E-state index contributed by atoms with van der Waals surface area (Å²) >= 11 is 6.10. The Kier molecular flexibility index (Phi) is 8.00. The van der Waals surface area contributed by atoms with Gasteiger partial charge in [0.1, 0.15) is 11.6 Å². The summed E-state index contributed by atoms with van der Waals surface area (Å²) in [5.41, 5.74) is -0.00861. The van der Waals surface area contributed by atoms with Crippen LogP contribution in [0.3, 0.4) is 0 Å². The molecule has 3 rings (SSSR count). The summed E-state index contributed by atoms with van der Waals surface area (Å²) in [6.07, 6.45) is 2.01. The lowest BCUT2D eigenvalue weighted by Crippen LogP contribution is -2.58. The number of anilines is 1. The lowest BCUT2D eigenvalue weighted by molar-refractivity contribution is -0.140. The zero-order valence-electron chi connectivity index (χ0n) is 19.1. The number of piperidine rings is 1. The highest BCUT2D eigenvalue weighted by molar-refractivity contribution is 6.33. The number of hydrogen-bond acceptors (Lipinski definition) is 5. The fourth-order valence-corrected chi connectivity index (χ4v) is 4.20. The van der Waals surface area contributed by atoms with Crippen molar-refractivity contribution in [1.29, 1.82) is 0 Å². The number of carbonyl (C=O) groups excluding carboxylic acids is 3. The average Bonchev–Trinajstić information content (AvgIpc) is 2.74. The van der Waals surface area contributed by atoms with Crippen molar-refractivity contribution in [1.82, 2.24) is 14.7 Å². The number of carbonyl (C=O) groups is 3. The van der Waals surface area contributed by atoms with Crippen molar-refractivity contribution in [3.8, 4) is 0 Å². The van der Waals surface area contributed by atoms with Gasteiger partial charge in [-0.15, -0.1) is 0 Å². The highest BCUT2D eigenvalue weighted by Crippen LogP contribution is 2.23. The third kappa shape index (κ3) is 6.59. The number of amides is 3. The van der Waals surface area contributed by atoms with Crippen LogP contribution in [0, 0.1) is 0 Å². The van der Waals surface area contributed by atoms with E-state index in [1.165, 1.54) is 0 Å². The minimum atomic E-state index is -0.599. The van der Waals surface area contributed by atoms with E-state index < -0.39 is 17.7 Å². The highest BCUT2D eigenvalue weighted by Gasteiger charge is 2.37. The van der Waals surface area contributed by atoms with Crippen molar-refractivity contribution in [2.45, 2.75) is 51.7 Å². The van der Waals surface area contributed by atoms with Crippen LogP contribution in [0.25, 0.3) is 0 Å². The highest BCUT2D eigenvalue weighted by atomic mass is 35.5. The fourth-order valence-electron chi connectivity index (χ4n) is 4.02. The summed E-state index contributed by atoms with van der Waals surface area (Å²) in [7, 11) is 0. The first-order valence-corrected chi connectivity index (χ1v) is 11.6. The molecule has 1 N–H and O–H groups in total. The lowest BCUT2D eigenvalue weighted by Gasteiger charge is -2.40. The second-order valence-electron chi connectivity index (χ2n) is 9.31. The molecule has 176 valence electrons. The number of halogens is 1. The summed E-state index contributed by atoms with van der Waals surface area (Å²) in [4.78, 5) is 43.6. The van der Waals surface area contributed by atoms with Gasteiger partial charge in [0, 0.05) is 32.7 Å². The molecule has 2 saturated heterocycles. The smallest absolute Gasteiger partial charge is 0.410 e. The fraction of sp³-hybridized carbons (Fsp3) is 0.609. The number of nitrogens with one attached hydrogen (secondary N) is 1. The number of piperazine rings is 1. The third-order valence-corrected chi connectivity index (χ3v) is 5.94. The van der Waals surface area contributed by atoms with E-state index in [-0.39, 0.29) is 18.4 Å². The van der Waals surface area contributed by atoms with E-state index in [9.17, 15) is 14.4 Å². The normalized spacial score (nSPS) is 20.1. The topological polar surface area (TPSA) is 82.2 Å². The molecule has 2 fully saturated rings. The van der Waals surface area contributed by atoms with Crippen molar-refractivity contribution < 1.29 is 19.1 Å². The van der Waals surface area contributed by atoms with E-state index in [0.717, 1.165) is 12.8 Å². The van der Waals surface area contributed by atoms with Crippen LogP contribution in [0.1, 0.15) is 40.0 Å². The maximum Gasteiger partial charge on any atom is 0.410 e. The van der Waals surface area contributed by atoms with Crippen molar-refractivity contribution in [2.75, 3.05) is 44.6 Å². The molecule has 0 aromatic heterocycles. The number of rotatable bonds is 4. The molecule has 0 saturated carbocycles. The van der Waals surface area contributed by atoms with Crippen molar-refractivity contribution in [3.05, 3.63) is 29.3 Å². The first kappa shape index (κ1) is 24.3. The van der Waals surface area contributed by atoms with Crippen LogP contribution in [-0.4, -0.2) is 83.5 Å².